The molecule has 1 heterocycles. The van der Waals surface area contributed by atoms with E-state index < -0.39 is 11.8 Å². The average molecular weight is 404 g/mol. The molecule has 0 amide bonds. The van der Waals surface area contributed by atoms with Crippen LogP contribution in [0.15, 0.2) is 66.4 Å². The quantitative estimate of drug-likeness (QED) is 0.349. The van der Waals surface area contributed by atoms with Crippen molar-refractivity contribution in [3.8, 4) is 17.2 Å². The van der Waals surface area contributed by atoms with Crippen LogP contribution >= 0.6 is 0 Å². The summed E-state index contributed by atoms with van der Waals surface area (Å²) in [4.78, 5) is 25.1. The Morgan fingerprint density at radius 2 is 1.83 bits per heavy atom. The lowest BCUT2D eigenvalue weighted by molar-refractivity contribution is 0.0732. The maximum atomic E-state index is 13.4. The Kier molecular flexibility index (Phi) is 5.06. The first kappa shape index (κ1) is 19.4. The summed E-state index contributed by atoms with van der Waals surface area (Å²) >= 11 is 0. The average Bonchev–Trinajstić information content (AvgIpc) is 3.06. The van der Waals surface area contributed by atoms with Crippen LogP contribution in [0.5, 0.6) is 17.2 Å². The Morgan fingerprint density at radius 1 is 1.03 bits per heavy atom. The van der Waals surface area contributed by atoms with E-state index in [4.69, 9.17) is 14.2 Å². The number of ketones is 1. The number of ether oxygens (including phenoxy) is 3. The molecule has 0 bridgehead atoms. The SMILES string of the molecule is COc1ccccc1/C=C1\Oc2c(ccc(OC(=O)c3cccc(F)c3)c2C)C1=O. The minimum Gasteiger partial charge on any atom is -0.496 e. The van der Waals surface area contributed by atoms with E-state index >= 15 is 0 Å². The van der Waals surface area contributed by atoms with Crippen molar-refractivity contribution in [1.82, 2.24) is 0 Å². The van der Waals surface area contributed by atoms with Gasteiger partial charge in [-0.25, -0.2) is 9.18 Å². The molecule has 0 saturated carbocycles. The van der Waals surface area contributed by atoms with Gasteiger partial charge in [-0.05, 0) is 49.4 Å². The smallest absolute Gasteiger partial charge is 0.343 e. The summed E-state index contributed by atoms with van der Waals surface area (Å²) in [6.07, 6.45) is 1.61. The van der Waals surface area contributed by atoms with Gasteiger partial charge in [-0.2, -0.15) is 0 Å². The standard InChI is InChI=1S/C24H17FO5/c1-14-19(30-24(27)16-7-5-8-17(25)12-16)11-10-18-22(26)21(29-23(14)18)13-15-6-3-4-9-20(15)28-2/h3-13H,1-2H3/b21-13-. The molecule has 5 nitrogen and oxygen atoms in total. The molecule has 4 rings (SSSR count). The first-order valence-corrected chi connectivity index (χ1v) is 9.16. The number of carbonyl (C=O) groups excluding carboxylic acids is 2. The molecule has 1 aliphatic heterocycles. The van der Waals surface area contributed by atoms with E-state index in [1.54, 1.807) is 32.2 Å². The molecule has 30 heavy (non-hydrogen) atoms. The highest BCUT2D eigenvalue weighted by molar-refractivity contribution is 6.15. The van der Waals surface area contributed by atoms with Gasteiger partial charge in [0.05, 0.1) is 18.2 Å². The fourth-order valence-corrected chi connectivity index (χ4v) is 3.18. The van der Waals surface area contributed by atoms with Gasteiger partial charge < -0.3 is 14.2 Å². The molecule has 1 aliphatic rings. The van der Waals surface area contributed by atoms with Gasteiger partial charge in [0.2, 0.25) is 5.78 Å². The van der Waals surface area contributed by atoms with E-state index in [9.17, 15) is 14.0 Å². The van der Waals surface area contributed by atoms with Gasteiger partial charge >= 0.3 is 5.97 Å². The second-order valence-corrected chi connectivity index (χ2v) is 6.65. The molecule has 6 heteroatoms. The number of allylic oxidation sites excluding steroid dienone is 1. The number of hydrogen-bond donors (Lipinski definition) is 0. The van der Waals surface area contributed by atoms with Crippen molar-refractivity contribution in [2.75, 3.05) is 7.11 Å². The van der Waals surface area contributed by atoms with Crippen LogP contribution in [-0.2, 0) is 0 Å². The molecule has 0 aliphatic carbocycles. The van der Waals surface area contributed by atoms with E-state index in [0.717, 1.165) is 6.07 Å². The highest BCUT2D eigenvalue weighted by Crippen LogP contribution is 2.40. The molecule has 0 unspecified atom stereocenters. The van der Waals surface area contributed by atoms with Crippen LogP contribution in [0.25, 0.3) is 6.08 Å². The molecule has 0 radical (unpaired) electrons. The summed E-state index contributed by atoms with van der Waals surface area (Å²) in [6, 6.07) is 15.6. The zero-order valence-corrected chi connectivity index (χ0v) is 16.3. The summed E-state index contributed by atoms with van der Waals surface area (Å²) in [5.41, 5.74) is 1.66. The van der Waals surface area contributed by atoms with Crippen LogP contribution < -0.4 is 14.2 Å². The number of rotatable bonds is 4. The largest absolute Gasteiger partial charge is 0.496 e. The van der Waals surface area contributed by atoms with Gasteiger partial charge in [0.1, 0.15) is 23.1 Å². The van der Waals surface area contributed by atoms with E-state index in [1.807, 2.05) is 18.2 Å². The highest BCUT2D eigenvalue weighted by atomic mass is 19.1. The minimum absolute atomic E-state index is 0.0867. The molecule has 0 N–H and O–H groups in total. The van der Waals surface area contributed by atoms with Crippen LogP contribution in [-0.4, -0.2) is 18.9 Å². The maximum absolute atomic E-state index is 13.4. The van der Waals surface area contributed by atoms with Crippen LogP contribution in [0.2, 0.25) is 0 Å². The molecule has 3 aromatic rings. The Balaban J connectivity index is 1.63. The highest BCUT2D eigenvalue weighted by Gasteiger charge is 2.31. The Morgan fingerprint density at radius 3 is 2.60 bits per heavy atom. The number of esters is 1. The van der Waals surface area contributed by atoms with Crippen molar-refractivity contribution >= 4 is 17.8 Å². The molecular weight excluding hydrogens is 387 g/mol. The van der Waals surface area contributed by atoms with Crippen LogP contribution in [0.4, 0.5) is 4.39 Å². The third-order valence-corrected chi connectivity index (χ3v) is 4.73. The number of Topliss-reactive ketones (excluding diaryl/α,β-unsaturated/α-hetero) is 1. The van der Waals surface area contributed by atoms with Gasteiger partial charge in [0, 0.05) is 11.1 Å². The lowest BCUT2D eigenvalue weighted by Crippen LogP contribution is -2.09. The number of para-hydroxylation sites is 1. The zero-order chi connectivity index (χ0) is 21.3. The molecule has 0 spiro atoms. The third kappa shape index (κ3) is 3.55. The predicted octanol–water partition coefficient (Wildman–Crippen LogP) is 4.98. The number of halogens is 1. The summed E-state index contributed by atoms with van der Waals surface area (Å²) in [5, 5.41) is 0. The number of methoxy groups -OCH3 is 1. The molecule has 0 fully saturated rings. The Bertz CT molecular complexity index is 1200. The Labute approximate surface area is 172 Å². The second kappa shape index (κ2) is 7.83. The zero-order valence-electron chi connectivity index (χ0n) is 16.3. The van der Waals surface area contributed by atoms with E-state index in [0.29, 0.717) is 28.2 Å². The van der Waals surface area contributed by atoms with Gasteiger partial charge in [-0.15, -0.1) is 0 Å². The summed E-state index contributed by atoms with van der Waals surface area (Å²) in [6.45, 7) is 1.69. The first-order valence-electron chi connectivity index (χ1n) is 9.16. The van der Waals surface area contributed by atoms with Crippen molar-refractivity contribution in [3.05, 3.63) is 94.5 Å². The summed E-state index contributed by atoms with van der Waals surface area (Å²) < 4.78 is 29.9. The number of hydrogen-bond acceptors (Lipinski definition) is 5. The monoisotopic (exact) mass is 404 g/mol. The van der Waals surface area contributed by atoms with E-state index in [1.165, 1.54) is 24.3 Å². The van der Waals surface area contributed by atoms with E-state index in [-0.39, 0.29) is 22.9 Å². The molecule has 150 valence electrons. The normalized spacial score (nSPS) is 13.7. The lowest BCUT2D eigenvalue weighted by atomic mass is 10.1. The molecule has 0 saturated heterocycles. The van der Waals surface area contributed by atoms with Crippen LogP contribution in [0.3, 0.4) is 0 Å². The van der Waals surface area contributed by atoms with Crippen molar-refractivity contribution in [2.24, 2.45) is 0 Å². The molecule has 0 aromatic heterocycles. The predicted molar refractivity (Wildman–Crippen MR) is 108 cm³/mol. The first-order chi connectivity index (χ1) is 14.5. The van der Waals surface area contributed by atoms with Crippen LogP contribution in [0.1, 0.15) is 31.8 Å². The lowest BCUT2D eigenvalue weighted by Gasteiger charge is -2.10. The number of carbonyl (C=O) groups is 2. The number of benzene rings is 3. The third-order valence-electron chi connectivity index (χ3n) is 4.73. The second-order valence-electron chi connectivity index (χ2n) is 6.65. The summed E-state index contributed by atoms with van der Waals surface area (Å²) in [7, 11) is 1.55. The van der Waals surface area contributed by atoms with Gasteiger partial charge in [0.15, 0.2) is 5.76 Å². The van der Waals surface area contributed by atoms with Gasteiger partial charge in [0.25, 0.3) is 0 Å². The Hall–Kier alpha value is -3.93. The summed E-state index contributed by atoms with van der Waals surface area (Å²) in [5.74, 6) is -0.200. The van der Waals surface area contributed by atoms with Crippen molar-refractivity contribution in [3.63, 3.8) is 0 Å². The van der Waals surface area contributed by atoms with Crippen molar-refractivity contribution in [2.45, 2.75) is 6.92 Å². The maximum Gasteiger partial charge on any atom is 0.343 e. The molecule has 0 atom stereocenters. The minimum atomic E-state index is -0.702. The number of fused-ring (bicyclic) bond motifs is 1. The van der Waals surface area contributed by atoms with Crippen molar-refractivity contribution in [1.29, 1.82) is 0 Å². The molecular formula is C24H17FO5. The van der Waals surface area contributed by atoms with Crippen LogP contribution in [0, 0.1) is 12.7 Å². The van der Waals surface area contributed by atoms with E-state index in [2.05, 4.69) is 0 Å². The fraction of sp³-hybridized carbons (Fsp3) is 0.0833. The van der Waals surface area contributed by atoms with Crippen molar-refractivity contribution < 1.29 is 28.2 Å². The van der Waals surface area contributed by atoms with Gasteiger partial charge in [-0.1, -0.05) is 24.3 Å². The molecule has 3 aromatic carbocycles. The van der Waals surface area contributed by atoms with Gasteiger partial charge in [-0.3, -0.25) is 4.79 Å². The fourth-order valence-electron chi connectivity index (χ4n) is 3.18. The topological polar surface area (TPSA) is 61.8 Å².